The molecule has 5 atom stereocenters. The molecule has 10 nitrogen and oxygen atoms in total. The molecular formula is C46H52N4O6. The van der Waals surface area contributed by atoms with Crippen molar-refractivity contribution in [1.82, 2.24) is 10.2 Å². The van der Waals surface area contributed by atoms with Gasteiger partial charge in [0.1, 0.15) is 0 Å². The number of aliphatic hydroxyl groups is 2. The first-order valence-electron chi connectivity index (χ1n) is 19.2. The quantitative estimate of drug-likeness (QED) is 0.0653. The summed E-state index contributed by atoms with van der Waals surface area (Å²) in [5.74, 6) is -0.296. The first-order valence-corrected chi connectivity index (χ1v) is 19.2. The highest BCUT2D eigenvalue weighted by Crippen LogP contribution is 2.39. The van der Waals surface area contributed by atoms with E-state index >= 15 is 0 Å². The fourth-order valence-electron chi connectivity index (χ4n) is 6.91. The van der Waals surface area contributed by atoms with Gasteiger partial charge in [-0.15, -0.1) is 0 Å². The van der Waals surface area contributed by atoms with Crippen LogP contribution >= 0.6 is 0 Å². The molecule has 0 aromatic heterocycles. The van der Waals surface area contributed by atoms with Crippen LogP contribution in [0.2, 0.25) is 0 Å². The lowest BCUT2D eigenvalue weighted by Gasteiger charge is -2.39. The van der Waals surface area contributed by atoms with E-state index in [1.54, 1.807) is 24.3 Å². The van der Waals surface area contributed by atoms with Gasteiger partial charge in [-0.2, -0.15) is 0 Å². The Morgan fingerprint density at radius 3 is 2.23 bits per heavy atom. The van der Waals surface area contributed by atoms with Crippen molar-refractivity contribution in [2.75, 3.05) is 24.6 Å². The number of hydrogen-bond acceptors (Lipinski definition) is 8. The number of carbonyl (C=O) groups excluding carboxylic acids is 2. The molecule has 0 unspecified atom stereocenters. The van der Waals surface area contributed by atoms with E-state index < -0.39 is 12.4 Å². The van der Waals surface area contributed by atoms with E-state index in [0.29, 0.717) is 37.3 Å². The number of hydrogen-bond donors (Lipinski definition) is 5. The number of rotatable bonds is 16. The minimum Gasteiger partial charge on any atom is -0.397 e. The lowest BCUT2D eigenvalue weighted by molar-refractivity contribution is -0.253. The van der Waals surface area contributed by atoms with Crippen molar-refractivity contribution in [3.63, 3.8) is 0 Å². The van der Waals surface area contributed by atoms with Crippen LogP contribution in [0, 0.1) is 0 Å². The number of nitrogens with one attached hydrogen (secondary N) is 2. The first kappa shape index (κ1) is 40.3. The van der Waals surface area contributed by atoms with Gasteiger partial charge in [-0.3, -0.25) is 14.5 Å². The van der Waals surface area contributed by atoms with Gasteiger partial charge in [0.05, 0.1) is 36.3 Å². The minimum absolute atomic E-state index is 0.0233. The normalized spacial score (nSPS) is 17.9. The molecule has 0 spiro atoms. The average Bonchev–Trinajstić information content (AvgIpc) is 3.23. The van der Waals surface area contributed by atoms with Crippen LogP contribution in [0.3, 0.4) is 0 Å². The summed E-state index contributed by atoms with van der Waals surface area (Å²) in [7, 11) is 2.01. The molecule has 0 aliphatic carbocycles. The van der Waals surface area contributed by atoms with E-state index in [1.807, 2.05) is 111 Å². The van der Waals surface area contributed by atoms with Crippen molar-refractivity contribution in [2.45, 2.75) is 76.4 Å². The molecule has 1 aliphatic rings. The molecule has 6 rings (SSSR count). The number of ether oxygens (including phenoxy) is 2. The van der Waals surface area contributed by atoms with Crippen LogP contribution in [0.25, 0.3) is 11.1 Å². The fourth-order valence-corrected chi connectivity index (χ4v) is 6.91. The number of nitrogens with two attached hydrogens (primary N) is 1. The molecule has 0 radical (unpaired) electrons. The molecule has 5 aromatic rings. The molecule has 2 amide bonds. The second kappa shape index (κ2) is 19.5. The summed E-state index contributed by atoms with van der Waals surface area (Å²) in [5, 5.41) is 26.5. The zero-order valence-corrected chi connectivity index (χ0v) is 32.0. The number of likely N-dealkylation sites (N-methyl/N-ethyl adjacent to an activating group) is 1. The van der Waals surface area contributed by atoms with Crippen LogP contribution < -0.4 is 16.4 Å². The molecular weight excluding hydrogens is 705 g/mol. The Morgan fingerprint density at radius 1 is 0.804 bits per heavy atom. The molecule has 5 aromatic carbocycles. The number of nitrogens with zero attached hydrogens (tertiary/aromatic N) is 1. The van der Waals surface area contributed by atoms with E-state index in [4.69, 9.17) is 15.2 Å². The number of nitrogen functional groups attached to an aromatic ring is 1. The van der Waals surface area contributed by atoms with Crippen molar-refractivity contribution >= 4 is 23.2 Å². The Labute approximate surface area is 329 Å². The summed E-state index contributed by atoms with van der Waals surface area (Å²) in [4.78, 5) is 27.0. The maximum absolute atomic E-state index is 12.6. The van der Waals surface area contributed by atoms with Gasteiger partial charge in [0, 0.05) is 44.0 Å². The number of benzene rings is 5. The van der Waals surface area contributed by atoms with Crippen LogP contribution in [-0.2, 0) is 32.2 Å². The summed E-state index contributed by atoms with van der Waals surface area (Å²) in [6.07, 6.45) is -0.146. The van der Waals surface area contributed by atoms with Crippen molar-refractivity contribution in [3.8, 4) is 11.1 Å². The number of carbonyl (C=O) groups is 2. The van der Waals surface area contributed by atoms with Crippen LogP contribution in [0.15, 0.2) is 127 Å². The second-order valence-electron chi connectivity index (χ2n) is 14.5. The van der Waals surface area contributed by atoms with Crippen molar-refractivity contribution in [3.05, 3.63) is 155 Å². The predicted molar refractivity (Wildman–Crippen MR) is 219 cm³/mol. The van der Waals surface area contributed by atoms with Gasteiger partial charge < -0.3 is 36.1 Å². The zero-order chi connectivity index (χ0) is 39.4. The molecule has 56 heavy (non-hydrogen) atoms. The lowest BCUT2D eigenvalue weighted by atomic mass is 9.98. The molecule has 1 heterocycles. The molecule has 1 fully saturated rings. The van der Waals surface area contributed by atoms with Crippen molar-refractivity contribution in [1.29, 1.82) is 0 Å². The third-order valence-corrected chi connectivity index (χ3v) is 10.4. The monoisotopic (exact) mass is 756 g/mol. The van der Waals surface area contributed by atoms with E-state index in [0.717, 1.165) is 38.9 Å². The SMILES string of the molecule is C[C@H]([C@@H](O)c1ccccc1)N(C)C[C@@H]1C[C@H](c2ccc(CO)cc2)O[C@H](c2ccc(-c3cccc(CNC(=O)CCCC(=O)Nc4ccccc4N)c3)cc2)O1. The highest BCUT2D eigenvalue weighted by Gasteiger charge is 2.34. The Bertz CT molecular complexity index is 2020. The fraction of sp³-hybridized carbons (Fsp3) is 0.304. The van der Waals surface area contributed by atoms with Gasteiger partial charge in [0.15, 0.2) is 6.29 Å². The summed E-state index contributed by atoms with van der Waals surface area (Å²) in [6.45, 7) is 2.97. The Kier molecular flexibility index (Phi) is 14.0. The van der Waals surface area contributed by atoms with Crippen LogP contribution in [0.1, 0.15) is 78.9 Å². The van der Waals surface area contributed by atoms with Crippen LogP contribution in [0.4, 0.5) is 11.4 Å². The molecule has 1 aliphatic heterocycles. The van der Waals surface area contributed by atoms with Crippen LogP contribution in [-0.4, -0.2) is 52.7 Å². The second-order valence-corrected chi connectivity index (χ2v) is 14.5. The average molecular weight is 757 g/mol. The maximum Gasteiger partial charge on any atom is 0.224 e. The topological polar surface area (TPSA) is 146 Å². The largest absolute Gasteiger partial charge is 0.397 e. The first-order chi connectivity index (χ1) is 27.2. The van der Waals surface area contributed by atoms with Crippen LogP contribution in [0.5, 0.6) is 0 Å². The molecule has 292 valence electrons. The van der Waals surface area contributed by atoms with Gasteiger partial charge >= 0.3 is 0 Å². The third-order valence-electron chi connectivity index (χ3n) is 10.4. The number of anilines is 2. The van der Waals surface area contributed by atoms with E-state index in [2.05, 4.69) is 21.6 Å². The van der Waals surface area contributed by atoms with Gasteiger partial charge in [-0.25, -0.2) is 0 Å². The summed E-state index contributed by atoms with van der Waals surface area (Å²) in [6, 6.07) is 40.7. The highest BCUT2D eigenvalue weighted by molar-refractivity contribution is 5.94. The van der Waals surface area contributed by atoms with Gasteiger partial charge in [-0.05, 0) is 72.0 Å². The minimum atomic E-state index is -0.646. The van der Waals surface area contributed by atoms with E-state index in [-0.39, 0.29) is 49.5 Å². The summed E-state index contributed by atoms with van der Waals surface area (Å²) < 4.78 is 13.2. The van der Waals surface area contributed by atoms with Gasteiger partial charge in [0.25, 0.3) is 0 Å². The number of amides is 2. The summed E-state index contributed by atoms with van der Waals surface area (Å²) in [5.41, 5.74) is 13.6. The summed E-state index contributed by atoms with van der Waals surface area (Å²) >= 11 is 0. The van der Waals surface area contributed by atoms with Crippen molar-refractivity contribution in [2.24, 2.45) is 0 Å². The molecule has 6 N–H and O–H groups in total. The molecule has 0 bridgehead atoms. The maximum atomic E-state index is 12.6. The number of para-hydroxylation sites is 2. The van der Waals surface area contributed by atoms with Gasteiger partial charge in [0.2, 0.25) is 11.8 Å². The molecule has 0 saturated carbocycles. The third kappa shape index (κ3) is 10.9. The van der Waals surface area contributed by atoms with Gasteiger partial charge in [-0.1, -0.05) is 109 Å². The predicted octanol–water partition coefficient (Wildman–Crippen LogP) is 7.45. The van der Waals surface area contributed by atoms with E-state index in [1.165, 1.54) is 0 Å². The van der Waals surface area contributed by atoms with E-state index in [9.17, 15) is 19.8 Å². The Morgan fingerprint density at radius 2 is 1.50 bits per heavy atom. The molecule has 10 heteroatoms. The Balaban J connectivity index is 1.06. The highest BCUT2D eigenvalue weighted by atomic mass is 16.7. The lowest BCUT2D eigenvalue weighted by Crippen LogP contribution is -2.43. The standard InChI is InChI=1S/C46H52N4O6/c1-31(45(54)36-11-4-3-5-12-36)50(2)29-39-27-42(35-20-18-32(30-51)19-21-35)56-46(55-39)37-24-22-34(23-25-37)38-13-8-10-33(26-38)28-48-43(52)16-9-17-44(53)49-41-15-7-6-14-40(41)47/h3-8,10-15,18-26,31,39,42,45-46,51,54H,9,16-17,27-30,47H2,1-2H3,(H,48,52)(H,49,53)/t31-,39+,42-,45-,46-/m1/s1. The van der Waals surface area contributed by atoms with Crippen molar-refractivity contribution < 1.29 is 29.3 Å². The molecule has 1 saturated heterocycles. The number of aliphatic hydroxyl groups excluding tert-OH is 2. The smallest absolute Gasteiger partial charge is 0.224 e. The Hall–Kier alpha value is -5.36. The zero-order valence-electron chi connectivity index (χ0n) is 32.0.